The van der Waals surface area contributed by atoms with Crippen LogP contribution >= 0.6 is 0 Å². The monoisotopic (exact) mass is 210 g/mol. The van der Waals surface area contributed by atoms with E-state index in [2.05, 4.69) is 32.7 Å². The molecule has 1 heterocycles. The highest BCUT2D eigenvalue weighted by Crippen LogP contribution is 2.23. The lowest BCUT2D eigenvalue weighted by molar-refractivity contribution is 0.125. The maximum Gasteiger partial charge on any atom is 0.0947 e. The summed E-state index contributed by atoms with van der Waals surface area (Å²) in [5.41, 5.74) is 7.22. The molecule has 1 aromatic rings. The molecule has 0 fully saturated rings. The van der Waals surface area contributed by atoms with Gasteiger partial charge in [0.15, 0.2) is 0 Å². The van der Waals surface area contributed by atoms with E-state index in [-0.39, 0.29) is 5.41 Å². The average molecular weight is 210 g/mol. The maximum absolute atomic E-state index is 5.82. The molecule has 0 aliphatic heterocycles. The molecule has 1 rings (SSSR count). The van der Waals surface area contributed by atoms with Crippen molar-refractivity contribution in [3.63, 3.8) is 0 Å². The normalized spacial score (nSPS) is 14.5. The fourth-order valence-electron chi connectivity index (χ4n) is 1.98. The van der Waals surface area contributed by atoms with E-state index in [4.69, 9.17) is 10.2 Å². The van der Waals surface area contributed by atoms with Crippen LogP contribution in [-0.4, -0.2) is 24.5 Å². The zero-order valence-electron chi connectivity index (χ0n) is 10.2. The van der Waals surface area contributed by atoms with Gasteiger partial charge < -0.3 is 10.2 Å². The van der Waals surface area contributed by atoms with E-state index < -0.39 is 0 Å². The summed E-state index contributed by atoms with van der Waals surface area (Å²) < 4.78 is 5.06. The summed E-state index contributed by atoms with van der Waals surface area (Å²) in [5.74, 6) is 0. The number of hydrogen-bond acceptors (Lipinski definition) is 3. The van der Waals surface area contributed by atoms with E-state index in [1.165, 1.54) is 5.56 Å². The van der Waals surface area contributed by atoms with Gasteiger partial charge in [0.25, 0.3) is 0 Å². The Balaban J connectivity index is 2.62. The van der Waals surface area contributed by atoms with E-state index in [0.29, 0.717) is 12.6 Å². The highest BCUT2D eigenvalue weighted by molar-refractivity contribution is 5.05. The van der Waals surface area contributed by atoms with Gasteiger partial charge in [-0.1, -0.05) is 20.8 Å². The molecule has 3 nitrogen and oxygen atoms in total. The zero-order chi connectivity index (χ0) is 11.5. The lowest BCUT2D eigenvalue weighted by Crippen LogP contribution is -2.46. The molecule has 0 saturated heterocycles. The zero-order valence-corrected chi connectivity index (χ0v) is 10.2. The van der Waals surface area contributed by atoms with Gasteiger partial charge >= 0.3 is 0 Å². The van der Waals surface area contributed by atoms with Gasteiger partial charge in [-0.25, -0.2) is 0 Å². The molecule has 0 spiro atoms. The highest BCUT2D eigenvalue weighted by Gasteiger charge is 2.26. The summed E-state index contributed by atoms with van der Waals surface area (Å²) in [6, 6.07) is 2.37. The molecule has 0 bridgehead atoms. The van der Waals surface area contributed by atoms with Gasteiger partial charge in [0.2, 0.25) is 0 Å². The van der Waals surface area contributed by atoms with Crippen LogP contribution in [0.2, 0.25) is 0 Å². The van der Waals surface area contributed by atoms with Crippen molar-refractivity contribution >= 4 is 0 Å². The first-order valence-electron chi connectivity index (χ1n) is 5.36. The van der Waals surface area contributed by atoms with Gasteiger partial charge in [-0.2, -0.15) is 0 Å². The van der Waals surface area contributed by atoms with E-state index in [1.807, 2.05) is 6.07 Å². The van der Waals surface area contributed by atoms with Gasteiger partial charge in [-0.15, -0.1) is 0 Å². The summed E-state index contributed by atoms with van der Waals surface area (Å²) in [5, 5.41) is 0. The molecule has 3 heteroatoms. The SMILES string of the molecule is CN(Cc1ccoc1)C(CN)C(C)(C)C. The van der Waals surface area contributed by atoms with E-state index >= 15 is 0 Å². The second kappa shape index (κ2) is 4.81. The van der Waals surface area contributed by atoms with Crippen LogP contribution < -0.4 is 5.73 Å². The van der Waals surface area contributed by atoms with Gasteiger partial charge in [0.1, 0.15) is 0 Å². The van der Waals surface area contributed by atoms with Crippen LogP contribution in [0.1, 0.15) is 26.3 Å². The third-order valence-corrected chi connectivity index (χ3v) is 2.77. The molecule has 15 heavy (non-hydrogen) atoms. The molecule has 2 N–H and O–H groups in total. The number of furan rings is 1. The fourth-order valence-corrected chi connectivity index (χ4v) is 1.98. The van der Waals surface area contributed by atoms with Crippen LogP contribution in [0.4, 0.5) is 0 Å². The maximum atomic E-state index is 5.82. The highest BCUT2D eigenvalue weighted by atomic mass is 16.3. The van der Waals surface area contributed by atoms with Crippen molar-refractivity contribution in [2.75, 3.05) is 13.6 Å². The Hall–Kier alpha value is -0.800. The number of rotatable bonds is 4. The second-order valence-electron chi connectivity index (χ2n) is 5.16. The van der Waals surface area contributed by atoms with E-state index in [9.17, 15) is 0 Å². The molecule has 1 atom stereocenters. The summed E-state index contributed by atoms with van der Waals surface area (Å²) >= 11 is 0. The lowest BCUT2D eigenvalue weighted by Gasteiger charge is -2.37. The van der Waals surface area contributed by atoms with Gasteiger partial charge in [-0.05, 0) is 18.5 Å². The molecule has 1 unspecified atom stereocenters. The van der Waals surface area contributed by atoms with Crippen molar-refractivity contribution in [3.05, 3.63) is 24.2 Å². The van der Waals surface area contributed by atoms with Crippen LogP contribution in [0.25, 0.3) is 0 Å². The van der Waals surface area contributed by atoms with Crippen molar-refractivity contribution < 1.29 is 4.42 Å². The largest absolute Gasteiger partial charge is 0.472 e. The Kier molecular flexibility index (Phi) is 3.94. The summed E-state index contributed by atoms with van der Waals surface area (Å²) in [6.45, 7) is 8.22. The van der Waals surface area contributed by atoms with Crippen molar-refractivity contribution in [3.8, 4) is 0 Å². The Bertz CT molecular complexity index is 274. The molecule has 0 radical (unpaired) electrons. The van der Waals surface area contributed by atoms with Crippen LogP contribution in [0.3, 0.4) is 0 Å². The minimum Gasteiger partial charge on any atom is -0.472 e. The van der Waals surface area contributed by atoms with Crippen LogP contribution in [0.15, 0.2) is 23.0 Å². The standard InChI is InChI=1S/C12H22N2O/c1-12(2,3)11(7-13)14(4)8-10-5-6-15-9-10/h5-6,9,11H,7-8,13H2,1-4H3. The lowest BCUT2D eigenvalue weighted by atomic mass is 9.86. The Labute approximate surface area is 92.2 Å². The Morgan fingerprint density at radius 2 is 2.13 bits per heavy atom. The first kappa shape index (κ1) is 12.3. The van der Waals surface area contributed by atoms with E-state index in [0.717, 1.165) is 6.54 Å². The predicted octanol–water partition coefficient (Wildman–Crippen LogP) is 2.08. The van der Waals surface area contributed by atoms with Crippen molar-refractivity contribution in [2.45, 2.75) is 33.4 Å². The molecular formula is C12H22N2O. The quantitative estimate of drug-likeness (QED) is 0.827. The van der Waals surface area contributed by atoms with Crippen LogP contribution in [0, 0.1) is 5.41 Å². The second-order valence-corrected chi connectivity index (χ2v) is 5.16. The molecular weight excluding hydrogens is 188 g/mol. The van der Waals surface area contributed by atoms with Crippen molar-refractivity contribution in [1.29, 1.82) is 0 Å². The molecule has 86 valence electrons. The summed E-state index contributed by atoms with van der Waals surface area (Å²) in [4.78, 5) is 2.28. The third kappa shape index (κ3) is 3.36. The van der Waals surface area contributed by atoms with E-state index in [1.54, 1.807) is 12.5 Å². The van der Waals surface area contributed by atoms with Gasteiger partial charge in [0, 0.05) is 24.7 Å². The molecule has 0 aliphatic rings. The molecule has 0 saturated carbocycles. The fraction of sp³-hybridized carbons (Fsp3) is 0.667. The third-order valence-electron chi connectivity index (χ3n) is 2.77. The van der Waals surface area contributed by atoms with Crippen LogP contribution in [-0.2, 0) is 6.54 Å². The summed E-state index contributed by atoms with van der Waals surface area (Å²) in [6.07, 6.45) is 3.49. The molecule has 0 aliphatic carbocycles. The average Bonchev–Trinajstić information content (AvgIpc) is 2.54. The Morgan fingerprint density at radius 1 is 1.47 bits per heavy atom. The topological polar surface area (TPSA) is 42.4 Å². The smallest absolute Gasteiger partial charge is 0.0947 e. The Morgan fingerprint density at radius 3 is 2.53 bits per heavy atom. The number of nitrogens with two attached hydrogens (primary N) is 1. The first-order valence-corrected chi connectivity index (χ1v) is 5.36. The number of nitrogens with zero attached hydrogens (tertiary/aromatic N) is 1. The minimum atomic E-state index is 0.202. The number of likely N-dealkylation sites (N-methyl/N-ethyl adjacent to an activating group) is 1. The molecule has 0 amide bonds. The first-order chi connectivity index (χ1) is 6.95. The van der Waals surface area contributed by atoms with Gasteiger partial charge in [-0.3, -0.25) is 4.90 Å². The van der Waals surface area contributed by atoms with Gasteiger partial charge in [0.05, 0.1) is 12.5 Å². The van der Waals surface area contributed by atoms with Crippen molar-refractivity contribution in [1.82, 2.24) is 4.90 Å². The summed E-state index contributed by atoms with van der Waals surface area (Å²) in [7, 11) is 2.11. The molecule has 1 aromatic heterocycles. The predicted molar refractivity (Wildman–Crippen MR) is 62.5 cm³/mol. The van der Waals surface area contributed by atoms with Crippen molar-refractivity contribution in [2.24, 2.45) is 11.1 Å². The number of hydrogen-bond donors (Lipinski definition) is 1. The molecule has 0 aromatic carbocycles. The minimum absolute atomic E-state index is 0.202. The van der Waals surface area contributed by atoms with Crippen LogP contribution in [0.5, 0.6) is 0 Å².